The molecule has 1 unspecified atom stereocenters. The Morgan fingerprint density at radius 3 is 3.16 bits per heavy atom. The van der Waals surface area contributed by atoms with Gasteiger partial charge in [-0.05, 0) is 45.8 Å². The summed E-state index contributed by atoms with van der Waals surface area (Å²) < 4.78 is 4.91. The molecule has 19 heavy (non-hydrogen) atoms. The van der Waals surface area contributed by atoms with Gasteiger partial charge in [-0.15, -0.1) is 0 Å². The number of nitrogens with one attached hydrogen (secondary N) is 2. The van der Waals surface area contributed by atoms with Crippen LogP contribution >= 0.6 is 0 Å². The second-order valence-electron chi connectivity index (χ2n) is 5.28. The van der Waals surface area contributed by atoms with Gasteiger partial charge in [-0.25, -0.2) is 0 Å². The van der Waals surface area contributed by atoms with Crippen molar-refractivity contribution in [3.8, 4) is 0 Å². The van der Waals surface area contributed by atoms with Gasteiger partial charge in [-0.3, -0.25) is 9.69 Å². The van der Waals surface area contributed by atoms with Crippen LogP contribution in [0.3, 0.4) is 0 Å². The van der Waals surface area contributed by atoms with Gasteiger partial charge in [-0.1, -0.05) is 5.16 Å². The van der Waals surface area contributed by atoms with Crippen LogP contribution in [-0.4, -0.2) is 49.2 Å². The summed E-state index contributed by atoms with van der Waals surface area (Å²) in [5.41, 5.74) is 0. The first kappa shape index (κ1) is 14.0. The van der Waals surface area contributed by atoms with Crippen molar-refractivity contribution in [1.29, 1.82) is 0 Å². The zero-order valence-electron chi connectivity index (χ0n) is 11.6. The maximum atomic E-state index is 11.8. The van der Waals surface area contributed by atoms with E-state index in [4.69, 9.17) is 4.52 Å². The lowest BCUT2D eigenvalue weighted by Crippen LogP contribution is -2.39. The number of carbonyl (C=O) groups is 1. The molecule has 6 heteroatoms. The highest BCUT2D eigenvalue weighted by atomic mass is 16.5. The number of hydrogen-bond donors (Lipinski definition) is 2. The number of nitrogens with zero attached hydrogens (tertiary/aromatic N) is 2. The Labute approximate surface area is 113 Å². The second-order valence-corrected chi connectivity index (χ2v) is 5.28. The van der Waals surface area contributed by atoms with Crippen molar-refractivity contribution < 1.29 is 9.32 Å². The zero-order valence-corrected chi connectivity index (χ0v) is 11.6. The highest BCUT2D eigenvalue weighted by Crippen LogP contribution is 2.11. The number of carbonyl (C=O) groups excluding carboxylic acids is 1. The minimum atomic E-state index is -0.0560. The van der Waals surface area contributed by atoms with Gasteiger partial charge < -0.3 is 15.2 Å². The van der Waals surface area contributed by atoms with Crippen LogP contribution < -0.4 is 10.6 Å². The summed E-state index contributed by atoms with van der Waals surface area (Å²) in [6.07, 6.45) is 2.46. The van der Waals surface area contributed by atoms with E-state index in [-0.39, 0.29) is 5.91 Å². The summed E-state index contributed by atoms with van der Waals surface area (Å²) in [5, 5.41) is 9.86. The topological polar surface area (TPSA) is 70.4 Å². The fourth-order valence-electron chi connectivity index (χ4n) is 2.44. The SMILES string of the molecule is Cc1cc(NC(=O)CN(C)CC2CCCNC2)no1. The molecule has 1 fully saturated rings. The molecular formula is C13H22N4O2. The normalized spacial score (nSPS) is 19.6. The molecule has 106 valence electrons. The maximum absolute atomic E-state index is 11.8. The quantitative estimate of drug-likeness (QED) is 0.827. The van der Waals surface area contributed by atoms with E-state index in [1.807, 2.05) is 7.05 Å². The molecule has 1 aromatic heterocycles. The lowest BCUT2D eigenvalue weighted by molar-refractivity contribution is -0.117. The number of piperidine rings is 1. The van der Waals surface area contributed by atoms with Gasteiger partial charge in [0.15, 0.2) is 5.82 Å². The first-order valence-electron chi connectivity index (χ1n) is 6.76. The van der Waals surface area contributed by atoms with Crippen molar-refractivity contribution in [2.24, 2.45) is 5.92 Å². The van der Waals surface area contributed by atoms with Crippen LogP contribution in [-0.2, 0) is 4.79 Å². The van der Waals surface area contributed by atoms with E-state index in [2.05, 4.69) is 20.7 Å². The van der Waals surface area contributed by atoms with E-state index in [0.717, 1.165) is 19.6 Å². The van der Waals surface area contributed by atoms with Crippen LogP contribution in [0.4, 0.5) is 5.82 Å². The molecule has 0 aromatic carbocycles. The summed E-state index contributed by atoms with van der Waals surface area (Å²) in [4.78, 5) is 13.9. The smallest absolute Gasteiger partial charge is 0.239 e. The van der Waals surface area contributed by atoms with Crippen molar-refractivity contribution >= 4 is 11.7 Å². The predicted octanol–water partition coefficient (Wildman–Crippen LogP) is 0.853. The van der Waals surface area contributed by atoms with E-state index in [1.54, 1.807) is 13.0 Å². The van der Waals surface area contributed by atoms with Gasteiger partial charge in [0, 0.05) is 12.6 Å². The second kappa shape index (κ2) is 6.68. The molecule has 6 nitrogen and oxygen atoms in total. The molecule has 0 aliphatic carbocycles. The van der Waals surface area contributed by atoms with Crippen molar-refractivity contribution in [2.45, 2.75) is 19.8 Å². The summed E-state index contributed by atoms with van der Waals surface area (Å²) in [5.74, 6) is 1.76. The van der Waals surface area contributed by atoms with Crippen molar-refractivity contribution in [1.82, 2.24) is 15.4 Å². The third-order valence-corrected chi connectivity index (χ3v) is 3.28. The van der Waals surface area contributed by atoms with E-state index in [0.29, 0.717) is 24.0 Å². The maximum Gasteiger partial charge on any atom is 0.239 e. The van der Waals surface area contributed by atoms with Gasteiger partial charge in [0.25, 0.3) is 0 Å². The summed E-state index contributed by atoms with van der Waals surface area (Å²) in [6.45, 7) is 5.28. The van der Waals surface area contributed by atoms with Crippen molar-refractivity contribution in [3.63, 3.8) is 0 Å². The molecule has 1 aliphatic rings. The Hall–Kier alpha value is -1.40. The molecule has 0 spiro atoms. The summed E-state index contributed by atoms with van der Waals surface area (Å²) in [7, 11) is 1.97. The first-order chi connectivity index (χ1) is 9.13. The van der Waals surface area contributed by atoms with E-state index >= 15 is 0 Å². The Morgan fingerprint density at radius 2 is 2.53 bits per heavy atom. The highest BCUT2D eigenvalue weighted by Gasteiger charge is 2.16. The van der Waals surface area contributed by atoms with E-state index in [9.17, 15) is 4.79 Å². The molecule has 1 saturated heterocycles. The van der Waals surface area contributed by atoms with Crippen LogP contribution in [0.15, 0.2) is 10.6 Å². The number of aromatic nitrogens is 1. The summed E-state index contributed by atoms with van der Waals surface area (Å²) in [6, 6.07) is 1.71. The lowest BCUT2D eigenvalue weighted by Gasteiger charge is -2.27. The number of anilines is 1. The number of amides is 1. The fourth-order valence-corrected chi connectivity index (χ4v) is 2.44. The largest absolute Gasteiger partial charge is 0.360 e. The lowest BCUT2D eigenvalue weighted by atomic mass is 9.99. The van der Waals surface area contributed by atoms with Crippen LogP contribution in [0.1, 0.15) is 18.6 Å². The highest BCUT2D eigenvalue weighted by molar-refractivity contribution is 5.91. The van der Waals surface area contributed by atoms with E-state index in [1.165, 1.54) is 12.8 Å². The van der Waals surface area contributed by atoms with Crippen LogP contribution in [0.25, 0.3) is 0 Å². The fraction of sp³-hybridized carbons (Fsp3) is 0.692. The predicted molar refractivity (Wildman–Crippen MR) is 73.0 cm³/mol. The number of rotatable bonds is 5. The standard InChI is InChI=1S/C13H22N4O2/c1-10-6-12(16-19-10)15-13(18)9-17(2)8-11-4-3-5-14-7-11/h6,11,14H,3-5,7-9H2,1-2H3,(H,15,16,18). The van der Waals surface area contributed by atoms with Gasteiger partial charge in [0.2, 0.25) is 5.91 Å². The number of hydrogen-bond acceptors (Lipinski definition) is 5. The Balaban J connectivity index is 1.71. The molecule has 2 heterocycles. The van der Waals surface area contributed by atoms with Crippen LogP contribution in [0.5, 0.6) is 0 Å². The average Bonchev–Trinajstić information content (AvgIpc) is 2.75. The number of aryl methyl sites for hydroxylation is 1. The molecule has 0 bridgehead atoms. The number of likely N-dealkylation sites (N-methyl/N-ethyl adjacent to an activating group) is 1. The van der Waals surface area contributed by atoms with Gasteiger partial charge in [0.1, 0.15) is 5.76 Å². The van der Waals surface area contributed by atoms with Gasteiger partial charge >= 0.3 is 0 Å². The Kier molecular flexibility index (Phi) is 4.93. The van der Waals surface area contributed by atoms with Crippen molar-refractivity contribution in [3.05, 3.63) is 11.8 Å². The Bertz CT molecular complexity index is 413. The minimum absolute atomic E-state index is 0.0560. The molecule has 1 aromatic rings. The minimum Gasteiger partial charge on any atom is -0.360 e. The average molecular weight is 266 g/mol. The molecule has 0 radical (unpaired) electrons. The monoisotopic (exact) mass is 266 g/mol. The van der Waals surface area contributed by atoms with E-state index < -0.39 is 0 Å². The van der Waals surface area contributed by atoms with Crippen LogP contribution in [0.2, 0.25) is 0 Å². The van der Waals surface area contributed by atoms with Crippen molar-refractivity contribution in [2.75, 3.05) is 38.5 Å². The molecular weight excluding hydrogens is 244 g/mol. The molecule has 1 amide bonds. The molecule has 2 rings (SSSR count). The summed E-state index contributed by atoms with van der Waals surface area (Å²) >= 11 is 0. The zero-order chi connectivity index (χ0) is 13.7. The Morgan fingerprint density at radius 1 is 1.68 bits per heavy atom. The first-order valence-corrected chi connectivity index (χ1v) is 6.76. The third-order valence-electron chi connectivity index (χ3n) is 3.28. The van der Waals surface area contributed by atoms with Gasteiger partial charge in [0.05, 0.1) is 6.54 Å². The van der Waals surface area contributed by atoms with Crippen LogP contribution in [0, 0.1) is 12.8 Å². The molecule has 1 atom stereocenters. The van der Waals surface area contributed by atoms with Gasteiger partial charge in [-0.2, -0.15) is 0 Å². The molecule has 0 saturated carbocycles. The molecule has 1 aliphatic heterocycles. The third kappa shape index (κ3) is 4.65. The molecule has 2 N–H and O–H groups in total.